The predicted molar refractivity (Wildman–Crippen MR) is 353 cm³/mol. The molecule has 0 aliphatic carbocycles. The smallest absolute Gasteiger partial charge is 0.306 e. The lowest BCUT2D eigenvalue weighted by atomic mass is 10.0. The molecule has 0 rings (SSSR count). The Labute approximate surface area is 501 Å². The highest BCUT2D eigenvalue weighted by atomic mass is 16.6. The van der Waals surface area contributed by atoms with Crippen LogP contribution in [0.15, 0.2) is 109 Å². The van der Waals surface area contributed by atoms with Crippen molar-refractivity contribution < 1.29 is 28.6 Å². The number of esters is 3. The van der Waals surface area contributed by atoms with Crippen molar-refractivity contribution in [2.75, 3.05) is 13.2 Å². The first-order valence-corrected chi connectivity index (χ1v) is 34.4. The summed E-state index contributed by atoms with van der Waals surface area (Å²) in [6, 6.07) is 0. The van der Waals surface area contributed by atoms with Gasteiger partial charge in [0.2, 0.25) is 0 Å². The number of unbranched alkanes of at least 4 members (excludes halogenated alkanes) is 33. The molecule has 0 spiro atoms. The fourth-order valence-corrected chi connectivity index (χ4v) is 9.63. The van der Waals surface area contributed by atoms with E-state index in [2.05, 4.69) is 130 Å². The Morgan fingerprint density at radius 2 is 0.481 bits per heavy atom. The summed E-state index contributed by atoms with van der Waals surface area (Å²) in [7, 11) is 0. The van der Waals surface area contributed by atoms with Crippen LogP contribution in [0.2, 0.25) is 0 Å². The fourth-order valence-electron chi connectivity index (χ4n) is 9.63. The molecule has 6 nitrogen and oxygen atoms in total. The van der Waals surface area contributed by atoms with Gasteiger partial charge in [0.15, 0.2) is 6.10 Å². The number of hydrogen-bond donors (Lipinski definition) is 0. The number of allylic oxidation sites excluding steroid dienone is 18. The molecule has 0 radical (unpaired) electrons. The van der Waals surface area contributed by atoms with Crippen LogP contribution in [0.3, 0.4) is 0 Å². The Balaban J connectivity index is 4.31. The summed E-state index contributed by atoms with van der Waals surface area (Å²) in [5, 5.41) is 0. The Morgan fingerprint density at radius 1 is 0.259 bits per heavy atom. The molecule has 0 fully saturated rings. The third kappa shape index (κ3) is 66.8. The first-order valence-electron chi connectivity index (χ1n) is 34.4. The molecule has 1 unspecified atom stereocenters. The van der Waals surface area contributed by atoms with Crippen LogP contribution >= 0.6 is 0 Å². The maximum atomic E-state index is 12.9. The molecule has 464 valence electrons. The van der Waals surface area contributed by atoms with Gasteiger partial charge < -0.3 is 14.2 Å². The van der Waals surface area contributed by atoms with Gasteiger partial charge in [0.1, 0.15) is 13.2 Å². The minimum Gasteiger partial charge on any atom is -0.462 e. The number of hydrogen-bond acceptors (Lipinski definition) is 6. The van der Waals surface area contributed by atoms with E-state index in [1.807, 2.05) is 0 Å². The summed E-state index contributed by atoms with van der Waals surface area (Å²) in [4.78, 5) is 38.4. The lowest BCUT2D eigenvalue weighted by Gasteiger charge is -2.18. The summed E-state index contributed by atoms with van der Waals surface area (Å²) >= 11 is 0. The van der Waals surface area contributed by atoms with Crippen LogP contribution in [0.5, 0.6) is 0 Å². The summed E-state index contributed by atoms with van der Waals surface area (Å²) in [5.41, 5.74) is 0. The molecule has 0 aromatic heterocycles. The Kier molecular flexibility index (Phi) is 65.2. The molecule has 0 amide bonds. The second-order valence-electron chi connectivity index (χ2n) is 22.7. The number of rotatable bonds is 62. The standard InChI is InChI=1S/C75H128O6/c1-4-7-10-13-16-19-22-25-28-30-31-32-33-34-35-36-37-38-39-40-41-42-43-45-47-50-53-56-59-62-65-68-74(77)80-71-72(70-79-73(76)67-64-61-58-55-52-49-46-27-24-21-18-15-12-9-6-3)81-75(78)69-66-63-60-57-54-51-48-44-29-26-23-20-17-14-11-8-5-2/h7,10,16,18-19,21,25,27-28,31-32,34-35,37-38,40-41,46,72H,4-6,8-9,11-15,17,20,22-24,26,29-30,33,36,39,42-45,47-71H2,1-3H3/b10-7-,19-16-,21-18-,28-25-,32-31-,35-34-,38-37-,41-40-,46-27-. The number of ether oxygens (including phenoxy) is 3. The van der Waals surface area contributed by atoms with E-state index < -0.39 is 6.10 Å². The van der Waals surface area contributed by atoms with Gasteiger partial charge in [0.05, 0.1) is 0 Å². The van der Waals surface area contributed by atoms with Crippen molar-refractivity contribution in [2.45, 2.75) is 335 Å². The molecule has 0 aliphatic heterocycles. The Morgan fingerprint density at radius 3 is 0.778 bits per heavy atom. The van der Waals surface area contributed by atoms with Gasteiger partial charge >= 0.3 is 17.9 Å². The van der Waals surface area contributed by atoms with Crippen molar-refractivity contribution >= 4 is 17.9 Å². The third-order valence-corrected chi connectivity index (χ3v) is 14.8. The molecule has 0 aromatic rings. The minimum absolute atomic E-state index is 0.0835. The van der Waals surface area contributed by atoms with Gasteiger partial charge in [-0.1, -0.05) is 310 Å². The minimum atomic E-state index is -0.787. The molecular formula is C75H128O6. The highest BCUT2D eigenvalue weighted by Gasteiger charge is 2.19. The van der Waals surface area contributed by atoms with Gasteiger partial charge in [-0.2, -0.15) is 0 Å². The van der Waals surface area contributed by atoms with E-state index in [4.69, 9.17) is 14.2 Å². The molecule has 0 bridgehead atoms. The number of carbonyl (C=O) groups is 3. The Bertz CT molecular complexity index is 1620. The lowest BCUT2D eigenvalue weighted by Crippen LogP contribution is -2.30. The van der Waals surface area contributed by atoms with Gasteiger partial charge in [-0.15, -0.1) is 0 Å². The van der Waals surface area contributed by atoms with Gasteiger partial charge in [-0.25, -0.2) is 0 Å². The van der Waals surface area contributed by atoms with Crippen LogP contribution in [0.4, 0.5) is 0 Å². The second kappa shape index (κ2) is 68.6. The van der Waals surface area contributed by atoms with E-state index in [1.54, 1.807) is 0 Å². The van der Waals surface area contributed by atoms with Crippen LogP contribution in [-0.2, 0) is 28.6 Å². The molecule has 0 aliphatic rings. The molecular weight excluding hydrogens is 997 g/mol. The summed E-state index contributed by atoms with van der Waals surface area (Å²) in [6.45, 7) is 6.52. The first kappa shape index (κ1) is 77.1. The van der Waals surface area contributed by atoms with E-state index >= 15 is 0 Å². The van der Waals surface area contributed by atoms with Gasteiger partial charge in [0.25, 0.3) is 0 Å². The predicted octanol–water partition coefficient (Wildman–Crippen LogP) is 23.8. The van der Waals surface area contributed by atoms with Crippen LogP contribution in [-0.4, -0.2) is 37.2 Å². The van der Waals surface area contributed by atoms with Crippen LogP contribution < -0.4 is 0 Å². The zero-order valence-electron chi connectivity index (χ0n) is 53.3. The molecule has 0 saturated carbocycles. The van der Waals surface area contributed by atoms with Crippen LogP contribution in [0.1, 0.15) is 329 Å². The third-order valence-electron chi connectivity index (χ3n) is 14.8. The average molecular weight is 1130 g/mol. The van der Waals surface area contributed by atoms with Crippen LogP contribution in [0, 0.1) is 0 Å². The average Bonchev–Trinajstić information content (AvgIpc) is 3.47. The molecule has 81 heavy (non-hydrogen) atoms. The quantitative estimate of drug-likeness (QED) is 0.0261. The normalized spacial score (nSPS) is 12.8. The lowest BCUT2D eigenvalue weighted by molar-refractivity contribution is -0.167. The van der Waals surface area contributed by atoms with Gasteiger partial charge in [0, 0.05) is 19.3 Å². The first-order chi connectivity index (χ1) is 40.0. The highest BCUT2D eigenvalue weighted by Crippen LogP contribution is 2.17. The maximum absolute atomic E-state index is 12.9. The van der Waals surface area contributed by atoms with Crippen molar-refractivity contribution in [3.8, 4) is 0 Å². The zero-order chi connectivity index (χ0) is 58.5. The molecule has 0 N–H and O–H groups in total. The monoisotopic (exact) mass is 1120 g/mol. The number of carbonyl (C=O) groups excluding carboxylic acids is 3. The topological polar surface area (TPSA) is 78.9 Å². The molecule has 0 saturated heterocycles. The summed E-state index contributed by atoms with van der Waals surface area (Å²) in [5.74, 6) is -0.889. The summed E-state index contributed by atoms with van der Waals surface area (Å²) in [6.07, 6.45) is 93.9. The SMILES string of the molecule is CC/C=C\C/C=C\C/C=C\C/C=C\C/C=C\C/C=C\C/C=C\CCCCCCCCCCCC(=O)OCC(COC(=O)CCCCCCC/C=C\C/C=C\CCCCC)OC(=O)CCCCCCCCCCCCCCCCCCC. The van der Waals surface area contributed by atoms with E-state index in [9.17, 15) is 14.4 Å². The highest BCUT2D eigenvalue weighted by molar-refractivity contribution is 5.71. The van der Waals surface area contributed by atoms with E-state index in [1.165, 1.54) is 161 Å². The second-order valence-corrected chi connectivity index (χ2v) is 22.7. The largest absolute Gasteiger partial charge is 0.462 e. The van der Waals surface area contributed by atoms with Crippen molar-refractivity contribution in [2.24, 2.45) is 0 Å². The molecule has 0 heterocycles. The van der Waals surface area contributed by atoms with Crippen molar-refractivity contribution in [1.82, 2.24) is 0 Å². The van der Waals surface area contributed by atoms with Gasteiger partial charge in [-0.3, -0.25) is 14.4 Å². The van der Waals surface area contributed by atoms with E-state index in [0.29, 0.717) is 19.3 Å². The van der Waals surface area contributed by atoms with E-state index in [0.717, 1.165) is 128 Å². The maximum Gasteiger partial charge on any atom is 0.306 e. The molecule has 6 heteroatoms. The zero-order valence-corrected chi connectivity index (χ0v) is 53.3. The van der Waals surface area contributed by atoms with E-state index in [-0.39, 0.29) is 31.1 Å². The molecule has 1 atom stereocenters. The molecule has 0 aromatic carbocycles. The Hall–Kier alpha value is -3.93. The fraction of sp³-hybridized carbons (Fsp3) is 0.720. The van der Waals surface area contributed by atoms with Crippen molar-refractivity contribution in [3.63, 3.8) is 0 Å². The van der Waals surface area contributed by atoms with Gasteiger partial charge in [-0.05, 0) is 109 Å². The van der Waals surface area contributed by atoms with Crippen LogP contribution in [0.25, 0.3) is 0 Å². The van der Waals surface area contributed by atoms with Crippen molar-refractivity contribution in [3.05, 3.63) is 109 Å². The van der Waals surface area contributed by atoms with Crippen molar-refractivity contribution in [1.29, 1.82) is 0 Å². The summed E-state index contributed by atoms with van der Waals surface area (Å²) < 4.78 is 17.0.